The molecule has 0 spiro atoms. The van der Waals surface area contributed by atoms with E-state index in [0.29, 0.717) is 0 Å². The molecular weight excluding hydrogens is 332 g/mol. The fraction of sp³-hybridized carbons (Fsp3) is 0.0588. The van der Waals surface area contributed by atoms with Crippen LogP contribution in [0.1, 0.15) is 0 Å². The van der Waals surface area contributed by atoms with Gasteiger partial charge in [-0.25, -0.2) is 0 Å². The second-order valence-corrected chi connectivity index (χ2v) is 6.89. The molecule has 3 aromatic rings. The number of rotatable bonds is 2. The largest absolute Gasteiger partial charge is 0.255 e. The summed E-state index contributed by atoms with van der Waals surface area (Å²) in [6, 6.07) is 20.3. The highest BCUT2D eigenvalue weighted by Crippen LogP contribution is 2.33. The third kappa shape index (κ3) is 2.43. The molecule has 0 heterocycles. The third-order valence-corrected chi connectivity index (χ3v) is 4.76. The van der Waals surface area contributed by atoms with E-state index >= 15 is 0 Å². The lowest BCUT2D eigenvalue weighted by Gasteiger charge is -2.11. The zero-order chi connectivity index (χ0) is 14.1. The normalized spacial score (nSPS) is 12.5. The van der Waals surface area contributed by atoms with Crippen molar-refractivity contribution in [1.82, 2.24) is 0 Å². The smallest absolute Gasteiger partial charge is 0.0504 e. The molecule has 1 nitrogen and oxygen atoms in total. The first-order valence-corrected chi connectivity index (χ1v) is 8.63. The number of halogens is 1. The maximum absolute atomic E-state index is 12.0. The van der Waals surface area contributed by atoms with Crippen LogP contribution in [0.2, 0.25) is 0 Å². The van der Waals surface area contributed by atoms with Gasteiger partial charge in [0.1, 0.15) is 0 Å². The summed E-state index contributed by atoms with van der Waals surface area (Å²) in [5, 5.41) is 2.20. The van der Waals surface area contributed by atoms with Crippen LogP contribution in [0.25, 0.3) is 21.9 Å². The van der Waals surface area contributed by atoms with Gasteiger partial charge in [0.25, 0.3) is 0 Å². The molecule has 0 N–H and O–H groups in total. The van der Waals surface area contributed by atoms with Gasteiger partial charge in [-0.2, -0.15) is 0 Å². The van der Waals surface area contributed by atoms with Crippen LogP contribution in [0.15, 0.2) is 70.0 Å². The molecule has 0 saturated heterocycles. The standard InChI is InChI=1S/C17H13BrOS/c1-20(19)16-10-4-6-12-5-3-9-15(17(12)16)13-7-2-8-14(18)11-13/h2-11H,1H3. The SMILES string of the molecule is CS(=O)c1cccc2cccc(-c3cccc(Br)c3)c12. The first-order valence-electron chi connectivity index (χ1n) is 6.28. The van der Waals surface area contributed by atoms with Crippen LogP contribution in [0.4, 0.5) is 0 Å². The Balaban J connectivity index is 2.39. The minimum atomic E-state index is -1.00. The summed E-state index contributed by atoms with van der Waals surface area (Å²) in [5.41, 5.74) is 2.25. The molecule has 0 aliphatic rings. The second kappa shape index (κ2) is 5.51. The van der Waals surface area contributed by atoms with E-state index < -0.39 is 10.8 Å². The molecule has 20 heavy (non-hydrogen) atoms. The Hall–Kier alpha value is -1.45. The number of fused-ring (bicyclic) bond motifs is 1. The molecule has 100 valence electrons. The summed E-state index contributed by atoms with van der Waals surface area (Å²) in [6.45, 7) is 0. The van der Waals surface area contributed by atoms with Crippen LogP contribution < -0.4 is 0 Å². The zero-order valence-corrected chi connectivity index (χ0v) is 13.4. The lowest BCUT2D eigenvalue weighted by atomic mass is 9.98. The Morgan fingerprint density at radius 1 is 0.950 bits per heavy atom. The highest BCUT2D eigenvalue weighted by molar-refractivity contribution is 9.10. The van der Waals surface area contributed by atoms with Crippen molar-refractivity contribution in [2.75, 3.05) is 6.26 Å². The lowest BCUT2D eigenvalue weighted by molar-refractivity contribution is 0.687. The molecular formula is C17H13BrOS. The van der Waals surface area contributed by atoms with E-state index in [0.717, 1.165) is 31.3 Å². The summed E-state index contributed by atoms with van der Waals surface area (Å²) in [5.74, 6) is 0. The molecule has 0 aliphatic carbocycles. The Morgan fingerprint density at radius 3 is 2.35 bits per heavy atom. The van der Waals surface area contributed by atoms with Crippen LogP contribution >= 0.6 is 15.9 Å². The number of hydrogen-bond acceptors (Lipinski definition) is 1. The van der Waals surface area contributed by atoms with Crippen molar-refractivity contribution in [3.63, 3.8) is 0 Å². The van der Waals surface area contributed by atoms with Crippen molar-refractivity contribution < 1.29 is 4.21 Å². The topological polar surface area (TPSA) is 17.1 Å². The number of benzene rings is 3. The fourth-order valence-corrected chi connectivity index (χ4v) is 3.63. The van der Waals surface area contributed by atoms with Gasteiger partial charge in [-0.05, 0) is 34.7 Å². The summed E-state index contributed by atoms with van der Waals surface area (Å²) in [6.07, 6.45) is 1.73. The molecule has 0 saturated carbocycles. The van der Waals surface area contributed by atoms with Gasteiger partial charge in [0, 0.05) is 21.0 Å². The summed E-state index contributed by atoms with van der Waals surface area (Å²) in [4.78, 5) is 0.887. The summed E-state index contributed by atoms with van der Waals surface area (Å²) >= 11 is 3.51. The van der Waals surface area contributed by atoms with Crippen molar-refractivity contribution in [2.45, 2.75) is 4.90 Å². The van der Waals surface area contributed by atoms with Crippen LogP contribution in [0.5, 0.6) is 0 Å². The maximum atomic E-state index is 12.0. The molecule has 0 bridgehead atoms. The van der Waals surface area contributed by atoms with Crippen LogP contribution in [0, 0.1) is 0 Å². The quantitative estimate of drug-likeness (QED) is 0.638. The van der Waals surface area contributed by atoms with E-state index in [1.54, 1.807) is 6.26 Å². The minimum Gasteiger partial charge on any atom is -0.255 e. The molecule has 3 aromatic carbocycles. The van der Waals surface area contributed by atoms with Crippen molar-refractivity contribution in [1.29, 1.82) is 0 Å². The van der Waals surface area contributed by atoms with Gasteiger partial charge in [-0.3, -0.25) is 4.21 Å². The first-order chi connectivity index (χ1) is 9.66. The molecule has 1 unspecified atom stereocenters. The molecule has 3 heteroatoms. The monoisotopic (exact) mass is 344 g/mol. The highest BCUT2D eigenvalue weighted by atomic mass is 79.9. The average molecular weight is 345 g/mol. The van der Waals surface area contributed by atoms with Gasteiger partial charge in [0.2, 0.25) is 0 Å². The molecule has 0 fully saturated rings. The van der Waals surface area contributed by atoms with Gasteiger partial charge in [0.15, 0.2) is 0 Å². The average Bonchev–Trinajstić information content (AvgIpc) is 2.46. The van der Waals surface area contributed by atoms with Gasteiger partial charge >= 0.3 is 0 Å². The fourth-order valence-electron chi connectivity index (χ4n) is 2.44. The molecule has 0 radical (unpaired) electrons. The van der Waals surface area contributed by atoms with E-state index in [1.165, 1.54) is 0 Å². The second-order valence-electron chi connectivity index (χ2n) is 4.62. The van der Waals surface area contributed by atoms with E-state index in [9.17, 15) is 4.21 Å². The summed E-state index contributed by atoms with van der Waals surface area (Å²) < 4.78 is 13.1. The Bertz CT molecular complexity index is 806. The van der Waals surface area contributed by atoms with Gasteiger partial charge in [-0.15, -0.1) is 0 Å². The van der Waals surface area contributed by atoms with E-state index in [-0.39, 0.29) is 0 Å². The van der Waals surface area contributed by atoms with Gasteiger partial charge < -0.3 is 0 Å². The van der Waals surface area contributed by atoms with Gasteiger partial charge in [0.05, 0.1) is 10.8 Å². The van der Waals surface area contributed by atoms with Crippen molar-refractivity contribution in [3.8, 4) is 11.1 Å². The van der Waals surface area contributed by atoms with Crippen molar-refractivity contribution >= 4 is 37.5 Å². The highest BCUT2D eigenvalue weighted by Gasteiger charge is 2.10. The van der Waals surface area contributed by atoms with Crippen LogP contribution in [-0.2, 0) is 10.8 Å². The van der Waals surface area contributed by atoms with E-state index in [1.807, 2.05) is 30.3 Å². The third-order valence-electron chi connectivity index (χ3n) is 3.31. The summed E-state index contributed by atoms with van der Waals surface area (Å²) in [7, 11) is -1.00. The first kappa shape index (κ1) is 13.5. The molecule has 0 aromatic heterocycles. The molecule has 0 aliphatic heterocycles. The Morgan fingerprint density at radius 2 is 1.65 bits per heavy atom. The predicted molar refractivity (Wildman–Crippen MR) is 89.4 cm³/mol. The minimum absolute atomic E-state index is 0.887. The van der Waals surface area contributed by atoms with E-state index in [2.05, 4.69) is 46.3 Å². The Kier molecular flexibility index (Phi) is 3.72. The predicted octanol–water partition coefficient (Wildman–Crippen LogP) is 5.01. The maximum Gasteiger partial charge on any atom is 0.0504 e. The van der Waals surface area contributed by atoms with E-state index in [4.69, 9.17) is 0 Å². The van der Waals surface area contributed by atoms with Gasteiger partial charge in [-0.1, -0.05) is 58.4 Å². The van der Waals surface area contributed by atoms with Crippen molar-refractivity contribution in [2.24, 2.45) is 0 Å². The molecule has 0 amide bonds. The van der Waals surface area contributed by atoms with Crippen molar-refractivity contribution in [3.05, 3.63) is 65.1 Å². The van der Waals surface area contributed by atoms with Crippen LogP contribution in [0.3, 0.4) is 0 Å². The molecule has 1 atom stereocenters. The number of hydrogen-bond donors (Lipinski definition) is 0. The lowest BCUT2D eigenvalue weighted by Crippen LogP contribution is -1.91. The zero-order valence-electron chi connectivity index (χ0n) is 11.0. The molecule has 3 rings (SSSR count). The van der Waals surface area contributed by atoms with Crippen LogP contribution in [-0.4, -0.2) is 10.5 Å². The Labute approximate surface area is 129 Å².